The van der Waals surface area contributed by atoms with E-state index in [0.29, 0.717) is 62.5 Å². The molecule has 5 rings (SSSR count). The molecule has 2 aliphatic heterocycles. The second-order valence-corrected chi connectivity index (χ2v) is 14.0. The van der Waals surface area contributed by atoms with Gasteiger partial charge in [0.2, 0.25) is 5.91 Å². The average Bonchev–Trinajstić information content (AvgIpc) is 3.53. The standard InChI is InChI=1S/C39H47FN6O8/c1-39(2,3)54-37(50)41-23-31-25-46(38(51)53-31)30-16-17-33(32(40)22-30)44-18-20-45(21-19-44)35(48)11-7-10-27-12-14-29(15-13-27)43-42-24-34(47)36(49)52-26-28-8-5-4-6-9-28/h4-6,8-9,12-17,22,31,42-43H,7,10-11,18-21,23-26H2,1-3H3,(H,41,50)/t31-/m0/s1. The van der Waals surface area contributed by atoms with Gasteiger partial charge in [0.15, 0.2) is 0 Å². The van der Waals surface area contributed by atoms with Crippen molar-refractivity contribution in [3.8, 4) is 0 Å². The van der Waals surface area contributed by atoms with E-state index < -0.39 is 41.5 Å². The number of carbonyl (C=O) groups excluding carboxylic acids is 5. The van der Waals surface area contributed by atoms with Crippen LogP contribution in [0.5, 0.6) is 0 Å². The lowest BCUT2D eigenvalue weighted by Gasteiger charge is -2.36. The number of nitrogens with one attached hydrogen (secondary N) is 3. The molecule has 0 aromatic heterocycles. The molecule has 3 aromatic carbocycles. The number of ketones is 1. The molecule has 2 saturated heterocycles. The van der Waals surface area contributed by atoms with Crippen LogP contribution in [0.2, 0.25) is 0 Å². The van der Waals surface area contributed by atoms with E-state index in [4.69, 9.17) is 14.2 Å². The molecule has 2 heterocycles. The number of Topliss-reactive ketones (excluding diaryl/α,β-unsaturated/α-hetero) is 1. The number of anilines is 3. The van der Waals surface area contributed by atoms with Gasteiger partial charge in [-0.2, -0.15) is 0 Å². The Balaban J connectivity index is 0.975. The molecule has 3 amide bonds. The molecule has 0 spiro atoms. The number of hydrazine groups is 1. The molecule has 54 heavy (non-hydrogen) atoms. The summed E-state index contributed by atoms with van der Waals surface area (Å²) in [4.78, 5) is 66.4. The van der Waals surface area contributed by atoms with Crippen LogP contribution in [-0.2, 0) is 41.6 Å². The number of esters is 1. The first-order chi connectivity index (χ1) is 25.8. The third kappa shape index (κ3) is 11.7. The fourth-order valence-electron chi connectivity index (χ4n) is 5.93. The van der Waals surface area contributed by atoms with Crippen molar-refractivity contribution in [3.05, 3.63) is 89.7 Å². The summed E-state index contributed by atoms with van der Waals surface area (Å²) in [6, 6.07) is 21.2. The monoisotopic (exact) mass is 746 g/mol. The Kier molecular flexibility index (Phi) is 13.4. The van der Waals surface area contributed by atoms with Crippen molar-refractivity contribution < 1.29 is 42.6 Å². The maximum absolute atomic E-state index is 15.3. The molecule has 0 saturated carbocycles. The highest BCUT2D eigenvalue weighted by atomic mass is 19.1. The van der Waals surface area contributed by atoms with Crippen LogP contribution in [0.4, 0.5) is 31.0 Å². The molecule has 1 atom stereocenters. The first kappa shape index (κ1) is 39.5. The molecular weight excluding hydrogens is 699 g/mol. The van der Waals surface area contributed by atoms with Gasteiger partial charge in [-0.15, -0.1) is 0 Å². The van der Waals surface area contributed by atoms with Crippen LogP contribution in [0.3, 0.4) is 0 Å². The third-order valence-electron chi connectivity index (χ3n) is 8.70. The van der Waals surface area contributed by atoms with Crippen LogP contribution in [-0.4, -0.2) is 92.3 Å². The van der Waals surface area contributed by atoms with E-state index in [2.05, 4.69) is 16.2 Å². The Morgan fingerprint density at radius 3 is 2.33 bits per heavy atom. The van der Waals surface area contributed by atoms with Gasteiger partial charge in [-0.1, -0.05) is 42.5 Å². The lowest BCUT2D eigenvalue weighted by molar-refractivity contribution is -0.154. The number of amides is 3. The number of ether oxygens (including phenoxy) is 3. The highest BCUT2D eigenvalue weighted by molar-refractivity contribution is 6.34. The fourth-order valence-corrected chi connectivity index (χ4v) is 5.93. The largest absolute Gasteiger partial charge is 0.455 e. The van der Waals surface area contributed by atoms with E-state index in [9.17, 15) is 24.0 Å². The van der Waals surface area contributed by atoms with E-state index in [1.54, 1.807) is 49.9 Å². The van der Waals surface area contributed by atoms with E-state index in [1.807, 2.05) is 47.4 Å². The number of carbonyl (C=O) groups is 5. The molecule has 15 heteroatoms. The summed E-state index contributed by atoms with van der Waals surface area (Å²) in [7, 11) is 0. The summed E-state index contributed by atoms with van der Waals surface area (Å²) in [5.41, 5.74) is 8.27. The summed E-state index contributed by atoms with van der Waals surface area (Å²) < 4.78 is 30.9. The highest BCUT2D eigenvalue weighted by Crippen LogP contribution is 2.29. The molecule has 0 aliphatic carbocycles. The zero-order chi connectivity index (χ0) is 38.7. The summed E-state index contributed by atoms with van der Waals surface area (Å²) in [6.45, 7) is 7.12. The quantitative estimate of drug-likeness (QED) is 0.0866. The van der Waals surface area contributed by atoms with Crippen LogP contribution in [0.25, 0.3) is 0 Å². The van der Waals surface area contributed by atoms with Gasteiger partial charge in [-0.3, -0.25) is 14.5 Å². The number of hydrogen-bond acceptors (Lipinski definition) is 11. The molecule has 2 aliphatic rings. The van der Waals surface area contributed by atoms with Crippen LogP contribution >= 0.6 is 0 Å². The van der Waals surface area contributed by atoms with Crippen molar-refractivity contribution in [1.82, 2.24) is 15.6 Å². The second kappa shape index (κ2) is 18.4. The zero-order valence-corrected chi connectivity index (χ0v) is 30.8. The molecule has 0 bridgehead atoms. The molecule has 3 N–H and O–H groups in total. The van der Waals surface area contributed by atoms with Crippen LogP contribution in [0.15, 0.2) is 72.8 Å². The minimum Gasteiger partial charge on any atom is -0.455 e. The van der Waals surface area contributed by atoms with Gasteiger partial charge < -0.3 is 34.8 Å². The summed E-state index contributed by atoms with van der Waals surface area (Å²) in [5.74, 6) is -2.04. The number of hydrogen-bond donors (Lipinski definition) is 3. The Morgan fingerprint density at radius 2 is 1.65 bits per heavy atom. The average molecular weight is 747 g/mol. The van der Waals surface area contributed by atoms with E-state index in [-0.39, 0.29) is 32.1 Å². The number of piperazine rings is 1. The van der Waals surface area contributed by atoms with Crippen molar-refractivity contribution in [2.45, 2.75) is 58.3 Å². The van der Waals surface area contributed by atoms with Gasteiger partial charge in [-0.25, -0.2) is 24.2 Å². The first-order valence-corrected chi connectivity index (χ1v) is 17.9. The predicted octanol–water partition coefficient (Wildman–Crippen LogP) is 4.58. The molecular formula is C39H47FN6O8. The number of benzene rings is 3. The van der Waals surface area contributed by atoms with Gasteiger partial charge in [0.1, 0.15) is 24.1 Å². The predicted molar refractivity (Wildman–Crippen MR) is 199 cm³/mol. The summed E-state index contributed by atoms with van der Waals surface area (Å²) in [5, 5.41) is 2.59. The van der Waals surface area contributed by atoms with Gasteiger partial charge in [-0.05, 0) is 75.1 Å². The first-order valence-electron chi connectivity index (χ1n) is 17.9. The number of aryl methyl sites for hydroxylation is 1. The Labute approximate surface area is 313 Å². The SMILES string of the molecule is CC(C)(C)OC(=O)NC[C@H]1CN(c2ccc(N3CCN(C(=O)CCCc4ccc(NNCC(=O)C(=O)OCc5ccccc5)cc4)CC3)c(F)c2)C(=O)O1. The molecule has 288 valence electrons. The smallest absolute Gasteiger partial charge is 0.414 e. The molecule has 0 unspecified atom stereocenters. The number of nitrogens with zero attached hydrogens (tertiary/aromatic N) is 3. The highest BCUT2D eigenvalue weighted by Gasteiger charge is 2.34. The van der Waals surface area contributed by atoms with Crippen LogP contribution in [0, 0.1) is 5.82 Å². The van der Waals surface area contributed by atoms with Crippen molar-refractivity contribution in [2.24, 2.45) is 0 Å². The van der Waals surface area contributed by atoms with Gasteiger partial charge in [0, 0.05) is 38.3 Å². The number of rotatable bonds is 15. The van der Waals surface area contributed by atoms with Crippen LogP contribution in [0.1, 0.15) is 44.7 Å². The third-order valence-corrected chi connectivity index (χ3v) is 8.70. The molecule has 0 radical (unpaired) electrons. The van der Waals surface area contributed by atoms with E-state index in [1.165, 1.54) is 11.0 Å². The van der Waals surface area contributed by atoms with E-state index in [0.717, 1.165) is 11.1 Å². The topological polar surface area (TPSA) is 159 Å². The Bertz CT molecular complexity index is 1780. The van der Waals surface area contributed by atoms with Crippen molar-refractivity contribution in [2.75, 3.05) is 61.0 Å². The van der Waals surface area contributed by atoms with E-state index >= 15 is 4.39 Å². The number of halogens is 1. The lowest BCUT2D eigenvalue weighted by Crippen LogP contribution is -2.49. The summed E-state index contributed by atoms with van der Waals surface area (Å²) >= 11 is 0. The summed E-state index contributed by atoms with van der Waals surface area (Å²) in [6.07, 6.45) is -0.106. The molecule has 3 aromatic rings. The van der Waals surface area contributed by atoms with Crippen molar-refractivity contribution >= 4 is 46.9 Å². The maximum atomic E-state index is 15.3. The number of cyclic esters (lactones) is 1. The van der Waals surface area contributed by atoms with Gasteiger partial charge in [0.05, 0.1) is 31.0 Å². The van der Waals surface area contributed by atoms with Crippen LogP contribution < -0.4 is 26.0 Å². The molecule has 14 nitrogen and oxygen atoms in total. The minimum absolute atomic E-state index is 0.0312. The lowest BCUT2D eigenvalue weighted by atomic mass is 10.1. The van der Waals surface area contributed by atoms with Gasteiger partial charge >= 0.3 is 18.2 Å². The fraction of sp³-hybridized carbons (Fsp3) is 0.410. The molecule has 2 fully saturated rings. The Morgan fingerprint density at radius 1 is 0.926 bits per heavy atom. The maximum Gasteiger partial charge on any atom is 0.414 e. The van der Waals surface area contributed by atoms with Crippen molar-refractivity contribution in [3.63, 3.8) is 0 Å². The van der Waals surface area contributed by atoms with Crippen molar-refractivity contribution in [1.29, 1.82) is 0 Å². The normalized spacial score (nSPS) is 15.7. The zero-order valence-electron chi connectivity index (χ0n) is 30.8. The minimum atomic E-state index is -0.906. The van der Waals surface area contributed by atoms with Gasteiger partial charge in [0.25, 0.3) is 5.78 Å². The second-order valence-electron chi connectivity index (χ2n) is 14.0. The number of alkyl carbamates (subject to hydrolysis) is 1. The Hall–Kier alpha value is -5.70.